The van der Waals surface area contributed by atoms with Gasteiger partial charge in [0.05, 0.1) is 5.41 Å². The third-order valence-electron chi connectivity index (χ3n) is 10.6. The van der Waals surface area contributed by atoms with E-state index < -0.39 is 76.7 Å². The summed E-state index contributed by atoms with van der Waals surface area (Å²) in [6, 6.07) is 14.9. The summed E-state index contributed by atoms with van der Waals surface area (Å²) in [5.41, 5.74) is -6.02. The van der Waals surface area contributed by atoms with E-state index in [4.69, 9.17) is 18.9 Å². The number of halogens is 2. The molecule has 0 aromatic heterocycles. The Morgan fingerprint density at radius 2 is 1.60 bits per heavy atom. The number of hydrogen-bond acceptors (Lipinski definition) is 10. The monoisotopic (exact) mass is 748 g/mol. The molecular weight excluding hydrogens is 716 g/mol. The van der Waals surface area contributed by atoms with E-state index in [2.05, 4.69) is 31.9 Å². The highest BCUT2D eigenvalue weighted by Gasteiger charge is 2.90. The van der Waals surface area contributed by atoms with Gasteiger partial charge in [-0.2, -0.15) is 0 Å². The second-order valence-electron chi connectivity index (χ2n) is 12.8. The van der Waals surface area contributed by atoms with Crippen molar-refractivity contribution < 1.29 is 48.3 Å². The van der Waals surface area contributed by atoms with Gasteiger partial charge in [-0.1, -0.05) is 63.0 Å². The number of carbonyl (C=O) groups is 4. The van der Waals surface area contributed by atoms with Crippen LogP contribution in [0.3, 0.4) is 0 Å². The fourth-order valence-electron chi connectivity index (χ4n) is 8.39. The molecular formula is C33H34Br2O10. The Bertz CT molecular complexity index is 1560. The number of hydrogen-bond donors (Lipinski definition) is 2. The number of esters is 4. The van der Waals surface area contributed by atoms with Crippen LogP contribution in [-0.2, 0) is 51.0 Å². The molecule has 2 aromatic carbocycles. The molecule has 0 unspecified atom stereocenters. The molecule has 2 N–H and O–H groups in total. The number of aliphatic hydroxyl groups is 2. The molecule has 2 heterocycles. The Kier molecular flexibility index (Phi) is 8.19. The molecule has 6 rings (SSSR count). The SMILES string of the molecule is C[C@@H]1C[C@@H](OC(=O)CCc2cccc(Br)c2)[C@@]2(O)[C@@]13C[C@@H](OC(=O)[C@@H]3O)[C@@]1(OC(=O)CCc3cccc(Br)c3)C(=O)OC[C@@]21C. The summed E-state index contributed by atoms with van der Waals surface area (Å²) >= 11 is 6.83. The van der Waals surface area contributed by atoms with E-state index >= 15 is 0 Å². The molecule has 10 nitrogen and oxygen atoms in total. The smallest absolute Gasteiger partial charge is 0.355 e. The lowest BCUT2D eigenvalue weighted by atomic mass is 9.43. The van der Waals surface area contributed by atoms with Crippen molar-refractivity contribution in [3.8, 4) is 0 Å². The van der Waals surface area contributed by atoms with Gasteiger partial charge in [0.25, 0.3) is 5.60 Å². The van der Waals surface area contributed by atoms with Gasteiger partial charge >= 0.3 is 23.9 Å². The van der Waals surface area contributed by atoms with Crippen LogP contribution in [0.25, 0.3) is 0 Å². The number of rotatable bonds is 8. The van der Waals surface area contributed by atoms with Crippen molar-refractivity contribution >= 4 is 55.7 Å². The molecule has 12 heteroatoms. The van der Waals surface area contributed by atoms with Crippen molar-refractivity contribution in [1.82, 2.24) is 0 Å². The predicted molar refractivity (Wildman–Crippen MR) is 164 cm³/mol. The van der Waals surface area contributed by atoms with Crippen LogP contribution < -0.4 is 0 Å². The van der Waals surface area contributed by atoms with E-state index in [0.717, 1.165) is 20.1 Å². The molecule has 45 heavy (non-hydrogen) atoms. The van der Waals surface area contributed by atoms with Gasteiger partial charge in [0.15, 0.2) is 12.2 Å². The van der Waals surface area contributed by atoms with Gasteiger partial charge in [-0.15, -0.1) is 0 Å². The Hall–Kier alpha value is -2.80. The summed E-state index contributed by atoms with van der Waals surface area (Å²) in [6.07, 6.45) is -3.91. The standard InChI is InChI=1S/C33H34Br2O10/c1-18-13-23(43-25(36)11-9-19-5-3-7-21(34)14-19)33(41)30(2)17-42-29(40)32(30,24-16-31(18,33)27(38)28(39)44-24)45-26(37)12-10-20-6-4-8-22(35)15-20/h3-8,14-15,18,23-24,27,38,41H,9-13,16-17H2,1-2H3/t18-,23-,24-,27+,30-,31+,32-,33+/m1/s1. The lowest BCUT2D eigenvalue weighted by molar-refractivity contribution is -0.336. The molecule has 2 bridgehead atoms. The minimum absolute atomic E-state index is 0.000488. The molecule has 4 fully saturated rings. The zero-order valence-corrected chi connectivity index (χ0v) is 28.0. The molecule has 0 radical (unpaired) electrons. The topological polar surface area (TPSA) is 146 Å². The second kappa shape index (κ2) is 11.5. The van der Waals surface area contributed by atoms with Crippen LogP contribution in [0.5, 0.6) is 0 Å². The number of carbonyl (C=O) groups excluding carboxylic acids is 4. The van der Waals surface area contributed by atoms with Crippen LogP contribution in [0.1, 0.15) is 50.7 Å². The van der Waals surface area contributed by atoms with Crippen molar-refractivity contribution in [2.45, 2.75) is 81.9 Å². The molecule has 2 aliphatic carbocycles. The zero-order chi connectivity index (χ0) is 32.4. The van der Waals surface area contributed by atoms with E-state index in [1.165, 1.54) is 6.92 Å². The highest BCUT2D eigenvalue weighted by molar-refractivity contribution is 9.10. The summed E-state index contributed by atoms with van der Waals surface area (Å²) in [7, 11) is 0. The molecule has 8 atom stereocenters. The maximum Gasteiger partial charge on any atom is 0.355 e. The Balaban J connectivity index is 1.34. The maximum atomic E-state index is 13.7. The summed E-state index contributed by atoms with van der Waals surface area (Å²) in [5, 5.41) is 24.4. The minimum atomic E-state index is -2.24. The van der Waals surface area contributed by atoms with Gasteiger partial charge in [-0.25, -0.2) is 9.59 Å². The molecule has 2 saturated carbocycles. The molecule has 2 aliphatic heterocycles. The molecule has 240 valence electrons. The Morgan fingerprint density at radius 3 is 2.20 bits per heavy atom. The fourth-order valence-corrected chi connectivity index (χ4v) is 9.28. The Morgan fingerprint density at radius 1 is 1.00 bits per heavy atom. The van der Waals surface area contributed by atoms with Crippen molar-refractivity contribution in [2.24, 2.45) is 16.7 Å². The van der Waals surface area contributed by atoms with Gasteiger partial charge in [0, 0.05) is 33.6 Å². The molecule has 2 aromatic rings. The van der Waals surface area contributed by atoms with Crippen LogP contribution in [0, 0.1) is 16.7 Å². The van der Waals surface area contributed by atoms with Crippen LogP contribution in [0.4, 0.5) is 0 Å². The summed E-state index contributed by atoms with van der Waals surface area (Å²) < 4.78 is 24.9. The lowest BCUT2D eigenvalue weighted by Crippen LogP contribution is -2.83. The highest BCUT2D eigenvalue weighted by atomic mass is 79.9. The van der Waals surface area contributed by atoms with Crippen LogP contribution in [0.2, 0.25) is 0 Å². The van der Waals surface area contributed by atoms with Gasteiger partial charge in [0.1, 0.15) is 18.3 Å². The molecule has 0 amide bonds. The van der Waals surface area contributed by atoms with E-state index in [-0.39, 0.29) is 25.7 Å². The minimum Gasteiger partial charge on any atom is -0.462 e. The highest BCUT2D eigenvalue weighted by Crippen LogP contribution is 2.73. The van der Waals surface area contributed by atoms with Gasteiger partial charge in [-0.05, 0) is 67.5 Å². The molecule has 1 spiro atoms. The van der Waals surface area contributed by atoms with Crippen LogP contribution >= 0.6 is 31.9 Å². The number of aryl methyl sites for hydroxylation is 2. The van der Waals surface area contributed by atoms with Crippen LogP contribution in [0.15, 0.2) is 57.5 Å². The third-order valence-corrected chi connectivity index (χ3v) is 11.6. The Labute approximate surface area is 277 Å². The fraction of sp³-hybridized carbons (Fsp3) is 0.515. The van der Waals surface area contributed by atoms with Gasteiger partial charge < -0.3 is 29.2 Å². The normalized spacial score (nSPS) is 36.4. The predicted octanol–water partition coefficient (Wildman–Crippen LogP) is 3.98. The third kappa shape index (κ3) is 4.69. The van der Waals surface area contributed by atoms with E-state index in [0.29, 0.717) is 12.8 Å². The maximum absolute atomic E-state index is 13.7. The molecule has 4 aliphatic rings. The van der Waals surface area contributed by atoms with Crippen molar-refractivity contribution in [3.63, 3.8) is 0 Å². The first-order valence-electron chi connectivity index (χ1n) is 15.0. The summed E-state index contributed by atoms with van der Waals surface area (Å²) in [5.74, 6) is -3.92. The number of benzene rings is 2. The van der Waals surface area contributed by atoms with Gasteiger partial charge in [0.2, 0.25) is 0 Å². The first kappa shape index (κ1) is 32.2. The first-order valence-corrected chi connectivity index (χ1v) is 16.6. The van der Waals surface area contributed by atoms with Gasteiger partial charge in [-0.3, -0.25) is 9.59 Å². The van der Waals surface area contributed by atoms with E-state index in [1.54, 1.807) is 6.92 Å². The average molecular weight is 750 g/mol. The average Bonchev–Trinajstić information content (AvgIpc) is 3.38. The van der Waals surface area contributed by atoms with Crippen molar-refractivity contribution in [1.29, 1.82) is 0 Å². The van der Waals surface area contributed by atoms with Crippen molar-refractivity contribution in [2.75, 3.05) is 6.61 Å². The van der Waals surface area contributed by atoms with E-state index in [9.17, 15) is 29.4 Å². The van der Waals surface area contributed by atoms with E-state index in [1.807, 2.05) is 48.5 Å². The second-order valence-corrected chi connectivity index (χ2v) is 14.7. The summed E-state index contributed by atoms with van der Waals surface area (Å²) in [6.45, 7) is 2.87. The molecule has 2 saturated heterocycles. The zero-order valence-electron chi connectivity index (χ0n) is 24.8. The number of fused-ring (bicyclic) bond motifs is 4. The number of cyclic esters (lactones) is 1. The summed E-state index contributed by atoms with van der Waals surface area (Å²) in [4.78, 5) is 53.7. The quantitative estimate of drug-likeness (QED) is 0.300. The first-order chi connectivity index (χ1) is 21.3. The van der Waals surface area contributed by atoms with Crippen LogP contribution in [-0.4, -0.2) is 70.2 Å². The van der Waals surface area contributed by atoms with Crippen molar-refractivity contribution in [3.05, 3.63) is 68.6 Å². The number of aliphatic hydroxyl groups excluding tert-OH is 1. The number of ether oxygens (including phenoxy) is 4. The largest absolute Gasteiger partial charge is 0.462 e. The lowest BCUT2D eigenvalue weighted by Gasteiger charge is -2.65.